The Labute approximate surface area is 903 Å². The van der Waals surface area contributed by atoms with Crippen LogP contribution in [0.1, 0.15) is 41.1 Å². The predicted octanol–water partition coefficient (Wildman–Crippen LogP) is 33.2. The third-order valence-electron chi connectivity index (χ3n) is 26.9. The smallest absolute Gasteiger partial charge is 0.238 e. The molecule has 0 aliphatic carbocycles. The van der Waals surface area contributed by atoms with Crippen molar-refractivity contribution in [3.05, 3.63) is 527 Å². The van der Waals surface area contributed by atoms with E-state index in [-0.39, 0.29) is 86.2 Å². The van der Waals surface area contributed by atoms with E-state index in [4.69, 9.17) is 71.0 Å². The van der Waals surface area contributed by atoms with Crippen LogP contribution >= 0.6 is 0 Å². The Balaban J connectivity index is 0.000000123. The van der Waals surface area contributed by atoms with E-state index >= 15 is 0 Å². The number of rotatable bonds is 15. The van der Waals surface area contributed by atoms with Gasteiger partial charge < -0.3 is 13.7 Å². The van der Waals surface area contributed by atoms with Crippen LogP contribution in [0.25, 0.3) is 267 Å². The van der Waals surface area contributed by atoms with Gasteiger partial charge in [-0.15, -0.1) is 0 Å². The fourth-order valence-electron chi connectivity index (χ4n) is 20.6. The number of fused-ring (bicyclic) bond motifs is 21. The summed E-state index contributed by atoms with van der Waals surface area (Å²) in [6.45, 7) is 0. The van der Waals surface area contributed by atoms with E-state index in [1.807, 2.05) is 218 Å². The molecule has 0 saturated carbocycles. The van der Waals surface area contributed by atoms with Crippen molar-refractivity contribution in [2.24, 2.45) is 0 Å². The van der Waals surface area contributed by atoms with E-state index < -0.39 is 181 Å². The van der Waals surface area contributed by atoms with E-state index in [9.17, 15) is 0 Å². The van der Waals surface area contributed by atoms with E-state index in [0.29, 0.717) is 33.1 Å². The summed E-state index contributed by atoms with van der Waals surface area (Å²) in [7, 11) is 0. The van der Waals surface area contributed by atoms with Crippen molar-refractivity contribution in [3.63, 3.8) is 0 Å². The van der Waals surface area contributed by atoms with E-state index in [1.54, 1.807) is 13.7 Å². The molecule has 0 aliphatic rings. The highest BCUT2D eigenvalue weighted by atomic mass is 15.2. The van der Waals surface area contributed by atoms with Crippen LogP contribution in [-0.4, -0.2) is 72.3 Å². The van der Waals surface area contributed by atoms with Crippen LogP contribution in [0.4, 0.5) is 0 Å². The third kappa shape index (κ3) is 15.1. The second-order valence-electron chi connectivity index (χ2n) is 35.2. The van der Waals surface area contributed by atoms with Crippen LogP contribution in [0.5, 0.6) is 0 Å². The van der Waals surface area contributed by atoms with Crippen LogP contribution in [-0.2, 0) is 0 Å². The van der Waals surface area contributed by atoms with Crippen molar-refractivity contribution >= 4 is 131 Å². The first kappa shape index (κ1) is 61.4. The van der Waals surface area contributed by atoms with Crippen molar-refractivity contribution in [3.8, 4) is 137 Å². The highest BCUT2D eigenvalue weighted by Gasteiger charge is 2.30. The lowest BCUT2D eigenvalue weighted by atomic mass is 10.0. The maximum Gasteiger partial charge on any atom is 0.238 e. The quantitative estimate of drug-likeness (QED) is 0.0979. The molecule has 0 bridgehead atoms. The second-order valence-corrected chi connectivity index (χ2v) is 35.2. The van der Waals surface area contributed by atoms with E-state index in [1.165, 1.54) is 0 Å². The number of para-hydroxylation sites is 7. The number of nitrogens with zero attached hydrogens (tertiary/aromatic N) is 15. The summed E-state index contributed by atoms with van der Waals surface area (Å²) in [5.41, 5.74) is 16.7. The van der Waals surface area contributed by atoms with Gasteiger partial charge in [0.15, 0.2) is 34.9 Å². The maximum absolute atomic E-state index is 8.82. The minimum Gasteiger partial charge on any atom is -0.309 e. The van der Waals surface area contributed by atoms with Gasteiger partial charge in [-0.25, -0.2) is 15.0 Å². The average Bonchev–Trinajstić information content (AvgIpc) is 1.54. The van der Waals surface area contributed by atoms with Gasteiger partial charge in [0.25, 0.3) is 0 Å². The van der Waals surface area contributed by atoms with Crippen LogP contribution in [0, 0.1) is 0 Å². The zero-order valence-corrected chi connectivity index (χ0v) is 78.6. The Morgan fingerprint density at radius 1 is 0.153 bits per heavy atom. The summed E-state index contributed by atoms with van der Waals surface area (Å²) >= 11 is 0. The monoisotopic (exact) mass is 1950 g/mol. The van der Waals surface area contributed by atoms with Gasteiger partial charge in [-0.1, -0.05) is 442 Å². The van der Waals surface area contributed by atoms with Crippen molar-refractivity contribution in [2.45, 2.75) is 0 Å². The topological polar surface area (TPSA) is 146 Å². The lowest BCUT2D eigenvalue weighted by Gasteiger charge is -2.15. The van der Waals surface area contributed by atoms with E-state index in [2.05, 4.69) is 156 Å². The minimum absolute atomic E-state index is 0.0611. The molecule has 0 radical (unpaired) electrons. The molecule has 15 nitrogen and oxygen atoms in total. The molecule has 0 spiro atoms. The van der Waals surface area contributed by atoms with Crippen LogP contribution in [0.15, 0.2) is 527 Å². The molecule has 702 valence electrons. The molecule has 0 saturated heterocycles. The standard InChI is InChI=1S/3C45H29N5/c1-4-16-30(17-5-1)33-22-10-13-25-37(33)49-38-26-14-11-23-34(38)35-28-29-40-41(42(35)49)36-24-12-15-27-39(36)50(40)45-47-43(31-18-6-2-7-19-31)46-44(48-45)32-20-8-3-9-21-32;1-4-15-30(16-5-1)33-21-14-22-34(29-33)49-38-25-12-10-23-35(38)36-27-28-40-41(42(36)49)37-24-11-13-26-39(37)50(40)45-47-43(31-17-6-2-7-18-31)46-44(48-45)32-19-8-3-9-20-32;1-4-14-30(15-5-1)31-24-26-34(27-25-31)49-38-22-12-10-20-35(38)36-28-29-40-41(42(36)49)37-21-11-13-23-39(37)50(40)45-47-43(32-16-6-2-7-17-32)46-44(48-45)33-18-8-3-9-19-33/h3*1-29H/i2D,3D,6D,7D,8D,9D,18D,19D,20D,21D;2D,3D,6D,7D,8D,9D,17D,18D,19D,20D;2D,3D,6D,7D,8D,9D,16D,17D,18D,19D. The Hall–Kier alpha value is -20.5. The Morgan fingerprint density at radius 3 is 0.760 bits per heavy atom. The highest BCUT2D eigenvalue weighted by Crippen LogP contribution is 2.49. The lowest BCUT2D eigenvalue weighted by molar-refractivity contribution is 0.953. The Bertz CT molecular complexity index is 12100. The summed E-state index contributed by atoms with van der Waals surface area (Å²) in [5.74, 6) is -2.20. The van der Waals surface area contributed by atoms with Gasteiger partial charge in [0.2, 0.25) is 17.8 Å². The predicted molar refractivity (Wildman–Crippen MR) is 614 cm³/mol. The maximum atomic E-state index is 8.82. The second kappa shape index (κ2) is 37.0. The van der Waals surface area contributed by atoms with Crippen molar-refractivity contribution in [1.29, 1.82) is 0 Å². The summed E-state index contributed by atoms with van der Waals surface area (Å²) in [6, 6.07) is 97.1. The van der Waals surface area contributed by atoms with Gasteiger partial charge in [-0.05, 0) is 113 Å². The number of hydrogen-bond acceptors (Lipinski definition) is 9. The molecule has 0 atom stereocenters. The lowest BCUT2D eigenvalue weighted by Crippen LogP contribution is -2.06. The molecule has 150 heavy (non-hydrogen) atoms. The fraction of sp³-hybridized carbons (Fsp3) is 0. The molecule has 0 amide bonds. The van der Waals surface area contributed by atoms with Gasteiger partial charge in [-0.3, -0.25) is 13.7 Å². The number of aromatic nitrogens is 15. The zero-order valence-electron chi connectivity index (χ0n) is 109. The van der Waals surface area contributed by atoms with E-state index in [0.717, 1.165) is 148 Å². The van der Waals surface area contributed by atoms with Gasteiger partial charge in [0.05, 0.1) is 113 Å². The third-order valence-corrected chi connectivity index (χ3v) is 26.9. The molecular weight excluding hydrogens is 1830 g/mol. The largest absolute Gasteiger partial charge is 0.309 e. The fourth-order valence-corrected chi connectivity index (χ4v) is 20.6. The molecule has 9 aromatic heterocycles. The molecule has 0 N–H and O–H groups in total. The van der Waals surface area contributed by atoms with Crippen molar-refractivity contribution in [2.75, 3.05) is 0 Å². The number of benzene rings is 21. The van der Waals surface area contributed by atoms with Crippen LogP contribution in [0.2, 0.25) is 0 Å². The van der Waals surface area contributed by atoms with Crippen molar-refractivity contribution < 1.29 is 41.1 Å². The minimum atomic E-state index is -0.611. The molecule has 9 heterocycles. The molecule has 21 aromatic carbocycles. The Kier molecular flexibility index (Phi) is 15.2. The average molecular weight is 1950 g/mol. The molecule has 0 aliphatic heterocycles. The molecule has 15 heteroatoms. The first-order valence-corrected chi connectivity index (χ1v) is 47.9. The SMILES string of the molecule is [2H]c1c([2H])c([2H])c(-c2nc(-c3c([2H])c([2H])c([2H])c([2H])c3[2H])nc(-n3c4ccccc4c4c3ccc3c5ccccc5n(-c5ccc(-c6ccccc6)cc5)c34)n2)c([2H])c1[2H].[2H]c1c([2H])c([2H])c(-c2nc(-c3c([2H])c([2H])c([2H])c([2H])c3[2H])nc(-n3c4ccccc4c4c3ccc3c5ccccc5n(-c5cccc(-c6ccccc6)c5)c34)n2)c([2H])c1[2H].[2H]c1c([2H])c([2H])c(-c2nc(-c3c([2H])c([2H])c([2H])c([2H])c3[2H])nc(-n3c4ccccc4c4c3ccc3c5ccccc5n(-c5ccccc5-c5ccccc5)c34)n2)c([2H])c1[2H]. The van der Waals surface area contributed by atoms with Gasteiger partial charge in [0, 0.05) is 115 Å². The van der Waals surface area contributed by atoms with Crippen LogP contribution < -0.4 is 0 Å². The number of hydrogen-bond donors (Lipinski definition) is 0. The summed E-state index contributed by atoms with van der Waals surface area (Å²) < 4.78 is 268. The van der Waals surface area contributed by atoms with Crippen molar-refractivity contribution in [1.82, 2.24) is 72.3 Å². The first-order chi connectivity index (χ1) is 86.9. The molecule has 30 aromatic rings. The summed E-state index contributed by atoms with van der Waals surface area (Å²) in [5, 5.41) is 11.1. The normalized spacial score (nSPS) is 14.4. The molecule has 0 unspecified atom stereocenters. The Morgan fingerprint density at radius 2 is 0.413 bits per heavy atom. The van der Waals surface area contributed by atoms with Crippen LogP contribution in [0.3, 0.4) is 0 Å². The zero-order chi connectivity index (χ0) is 125. The molecule has 0 fully saturated rings. The molecular formula is C135H87N15. The molecule has 30 rings (SSSR count). The van der Waals surface area contributed by atoms with Gasteiger partial charge in [-0.2, -0.15) is 29.9 Å². The van der Waals surface area contributed by atoms with Gasteiger partial charge >= 0.3 is 0 Å². The van der Waals surface area contributed by atoms with Gasteiger partial charge in [0.1, 0.15) is 0 Å². The first-order valence-electron chi connectivity index (χ1n) is 62.9. The highest BCUT2D eigenvalue weighted by molar-refractivity contribution is 6.29. The summed E-state index contributed by atoms with van der Waals surface area (Å²) in [6.07, 6.45) is 0. The summed E-state index contributed by atoms with van der Waals surface area (Å²) in [4.78, 5) is 42.2.